The van der Waals surface area contributed by atoms with E-state index in [1.54, 1.807) is 0 Å². The molecule has 0 aromatic heterocycles. The monoisotopic (exact) mass is 313 g/mol. The van der Waals surface area contributed by atoms with Gasteiger partial charge in [-0.2, -0.15) is 0 Å². The van der Waals surface area contributed by atoms with E-state index in [-0.39, 0.29) is 0 Å². The third kappa shape index (κ3) is 3.27. The van der Waals surface area contributed by atoms with Crippen molar-refractivity contribution in [1.82, 2.24) is 5.32 Å². The van der Waals surface area contributed by atoms with Gasteiger partial charge in [-0.1, -0.05) is 48.0 Å². The zero-order valence-corrected chi connectivity index (χ0v) is 12.9. The number of alkyl halides is 1. The van der Waals surface area contributed by atoms with Crippen LogP contribution in [-0.4, -0.2) is 23.7 Å². The Bertz CT molecular complexity index is 367. The predicted molar refractivity (Wildman–Crippen MR) is 80.3 cm³/mol. The number of benzene rings is 1. The highest BCUT2D eigenvalue weighted by molar-refractivity contribution is 9.09. The summed E-state index contributed by atoms with van der Waals surface area (Å²) in [5.41, 5.74) is 1.53. The van der Waals surface area contributed by atoms with Gasteiger partial charge in [-0.05, 0) is 17.5 Å². The van der Waals surface area contributed by atoms with E-state index in [1.807, 2.05) is 11.8 Å². The average molecular weight is 314 g/mol. The molecule has 1 aliphatic rings. The second-order valence-electron chi connectivity index (χ2n) is 4.96. The van der Waals surface area contributed by atoms with Crippen LogP contribution in [0.4, 0.5) is 0 Å². The van der Waals surface area contributed by atoms with E-state index >= 15 is 0 Å². The number of thioether (sulfide) groups is 1. The summed E-state index contributed by atoms with van der Waals surface area (Å²) in [5, 5.41) is 4.73. The second kappa shape index (κ2) is 6.26. The SMILES string of the molecule is CC(C)C(CBr)NCC1CSc2ccccc21. The summed E-state index contributed by atoms with van der Waals surface area (Å²) in [6, 6.07) is 9.39. The van der Waals surface area contributed by atoms with Crippen molar-refractivity contribution in [3.63, 3.8) is 0 Å². The number of hydrogen-bond acceptors (Lipinski definition) is 2. The van der Waals surface area contributed by atoms with Crippen LogP contribution in [0.1, 0.15) is 25.3 Å². The van der Waals surface area contributed by atoms with Gasteiger partial charge in [-0.3, -0.25) is 0 Å². The van der Waals surface area contributed by atoms with E-state index in [1.165, 1.54) is 16.2 Å². The van der Waals surface area contributed by atoms with Gasteiger partial charge in [-0.15, -0.1) is 11.8 Å². The first-order valence-corrected chi connectivity index (χ1v) is 8.34. The lowest BCUT2D eigenvalue weighted by Crippen LogP contribution is -2.38. The molecule has 0 bridgehead atoms. The molecule has 17 heavy (non-hydrogen) atoms. The lowest BCUT2D eigenvalue weighted by molar-refractivity contribution is 0.425. The van der Waals surface area contributed by atoms with Crippen molar-refractivity contribution in [3.8, 4) is 0 Å². The highest BCUT2D eigenvalue weighted by Crippen LogP contribution is 2.38. The van der Waals surface area contributed by atoms with Gasteiger partial charge in [0.2, 0.25) is 0 Å². The number of fused-ring (bicyclic) bond motifs is 1. The fraction of sp³-hybridized carbons (Fsp3) is 0.571. The molecule has 3 heteroatoms. The molecule has 1 nitrogen and oxygen atoms in total. The molecule has 0 fully saturated rings. The smallest absolute Gasteiger partial charge is 0.0188 e. The van der Waals surface area contributed by atoms with Crippen LogP contribution in [0.2, 0.25) is 0 Å². The predicted octanol–water partition coefficient (Wildman–Crippen LogP) is 3.89. The minimum atomic E-state index is 0.577. The summed E-state index contributed by atoms with van der Waals surface area (Å²) in [6.45, 7) is 5.64. The van der Waals surface area contributed by atoms with Crippen molar-refractivity contribution >= 4 is 27.7 Å². The first-order chi connectivity index (χ1) is 8.22. The Morgan fingerprint density at radius 3 is 2.88 bits per heavy atom. The van der Waals surface area contributed by atoms with Crippen LogP contribution < -0.4 is 5.32 Å². The largest absolute Gasteiger partial charge is 0.312 e. The van der Waals surface area contributed by atoms with Crippen LogP contribution in [0.3, 0.4) is 0 Å². The summed E-state index contributed by atoms with van der Waals surface area (Å²) in [4.78, 5) is 1.47. The van der Waals surface area contributed by atoms with Gasteiger partial charge in [0.1, 0.15) is 0 Å². The zero-order valence-electron chi connectivity index (χ0n) is 10.4. The third-order valence-electron chi connectivity index (χ3n) is 3.40. The molecule has 1 heterocycles. The first-order valence-electron chi connectivity index (χ1n) is 6.23. The fourth-order valence-electron chi connectivity index (χ4n) is 2.16. The molecule has 0 radical (unpaired) electrons. The average Bonchev–Trinajstić information content (AvgIpc) is 2.73. The molecule has 1 N–H and O–H groups in total. The van der Waals surface area contributed by atoms with Gasteiger partial charge >= 0.3 is 0 Å². The molecule has 94 valence electrons. The minimum Gasteiger partial charge on any atom is -0.312 e. The lowest BCUT2D eigenvalue weighted by Gasteiger charge is -2.22. The van der Waals surface area contributed by atoms with Crippen molar-refractivity contribution < 1.29 is 0 Å². The molecular weight excluding hydrogens is 294 g/mol. The van der Waals surface area contributed by atoms with Crippen LogP contribution in [0.5, 0.6) is 0 Å². The van der Waals surface area contributed by atoms with E-state index in [4.69, 9.17) is 0 Å². The van der Waals surface area contributed by atoms with E-state index in [0.717, 1.165) is 11.9 Å². The number of nitrogens with one attached hydrogen (secondary N) is 1. The molecule has 0 amide bonds. The Balaban J connectivity index is 1.93. The van der Waals surface area contributed by atoms with Gasteiger partial charge in [-0.25, -0.2) is 0 Å². The molecule has 2 unspecified atom stereocenters. The molecule has 2 atom stereocenters. The summed E-state index contributed by atoms with van der Waals surface area (Å²) < 4.78 is 0. The van der Waals surface area contributed by atoms with Crippen LogP contribution in [0.15, 0.2) is 29.2 Å². The molecule has 0 saturated carbocycles. The van der Waals surface area contributed by atoms with Gasteiger partial charge in [0, 0.05) is 34.5 Å². The van der Waals surface area contributed by atoms with Crippen molar-refractivity contribution in [3.05, 3.63) is 29.8 Å². The number of rotatable bonds is 5. The van der Waals surface area contributed by atoms with E-state index in [2.05, 4.69) is 59.4 Å². The minimum absolute atomic E-state index is 0.577. The van der Waals surface area contributed by atoms with Gasteiger partial charge < -0.3 is 5.32 Å². The first kappa shape index (κ1) is 13.4. The maximum Gasteiger partial charge on any atom is 0.0188 e. The van der Waals surface area contributed by atoms with Crippen molar-refractivity contribution in [2.75, 3.05) is 17.6 Å². The fourth-order valence-corrected chi connectivity index (χ4v) is 4.39. The van der Waals surface area contributed by atoms with Crippen molar-refractivity contribution in [2.24, 2.45) is 5.92 Å². The van der Waals surface area contributed by atoms with Crippen molar-refractivity contribution in [2.45, 2.75) is 30.7 Å². The summed E-state index contributed by atoms with van der Waals surface area (Å²) in [5.74, 6) is 2.58. The Hall–Kier alpha value is 0.0100. The van der Waals surface area contributed by atoms with Crippen molar-refractivity contribution in [1.29, 1.82) is 0 Å². The number of halogens is 1. The number of hydrogen-bond donors (Lipinski definition) is 1. The summed E-state index contributed by atoms with van der Waals surface area (Å²) in [7, 11) is 0. The van der Waals surface area contributed by atoms with E-state index in [0.29, 0.717) is 17.9 Å². The van der Waals surface area contributed by atoms with Crippen LogP contribution in [0.25, 0.3) is 0 Å². The molecule has 0 spiro atoms. The lowest BCUT2D eigenvalue weighted by atomic mass is 10.00. The standard InChI is InChI=1S/C14H20BrNS/c1-10(2)13(7-15)16-8-11-9-17-14-6-4-3-5-12(11)14/h3-6,10-11,13,16H,7-9H2,1-2H3. The Morgan fingerprint density at radius 1 is 1.41 bits per heavy atom. The highest BCUT2D eigenvalue weighted by atomic mass is 79.9. The molecule has 2 rings (SSSR count). The van der Waals surface area contributed by atoms with Gasteiger partial charge in [0.25, 0.3) is 0 Å². The second-order valence-corrected chi connectivity index (χ2v) is 6.67. The van der Waals surface area contributed by atoms with Gasteiger partial charge in [0.05, 0.1) is 0 Å². The summed E-state index contributed by atoms with van der Waals surface area (Å²) in [6.07, 6.45) is 0. The maximum atomic E-state index is 3.69. The molecule has 1 aromatic rings. The van der Waals surface area contributed by atoms with Gasteiger partial charge in [0.15, 0.2) is 0 Å². The highest BCUT2D eigenvalue weighted by Gasteiger charge is 2.23. The Kier molecular flexibility index (Phi) is 4.95. The third-order valence-corrected chi connectivity index (χ3v) is 5.35. The molecule has 0 aliphatic carbocycles. The molecule has 0 saturated heterocycles. The van der Waals surface area contributed by atoms with Crippen LogP contribution in [0, 0.1) is 5.92 Å². The van der Waals surface area contributed by atoms with E-state index in [9.17, 15) is 0 Å². The zero-order chi connectivity index (χ0) is 12.3. The normalized spacial score (nSPS) is 20.6. The molecule has 1 aromatic carbocycles. The Morgan fingerprint density at radius 2 is 2.18 bits per heavy atom. The summed E-state index contributed by atoms with van der Waals surface area (Å²) >= 11 is 5.58. The van der Waals surface area contributed by atoms with Crippen LogP contribution in [-0.2, 0) is 0 Å². The topological polar surface area (TPSA) is 12.0 Å². The van der Waals surface area contributed by atoms with Crippen LogP contribution >= 0.6 is 27.7 Å². The molecule has 1 aliphatic heterocycles. The van der Waals surface area contributed by atoms with E-state index < -0.39 is 0 Å². The Labute approximate surface area is 117 Å². The quantitative estimate of drug-likeness (QED) is 0.828. The maximum absolute atomic E-state index is 3.69. The molecular formula is C14H20BrNS.